The summed E-state index contributed by atoms with van der Waals surface area (Å²) >= 11 is 5.88. The van der Waals surface area contributed by atoms with E-state index in [1.807, 2.05) is 46.2 Å². The van der Waals surface area contributed by atoms with E-state index < -0.39 is 0 Å². The Kier molecular flexibility index (Phi) is 4.45. The van der Waals surface area contributed by atoms with E-state index >= 15 is 0 Å². The number of nitriles is 1. The molecule has 0 aliphatic carbocycles. The summed E-state index contributed by atoms with van der Waals surface area (Å²) in [5.74, 6) is 0.0792. The van der Waals surface area contributed by atoms with Gasteiger partial charge >= 0.3 is 0 Å². The zero-order valence-electron chi connectivity index (χ0n) is 12.4. The van der Waals surface area contributed by atoms with Crippen molar-refractivity contribution in [3.05, 3.63) is 58.9 Å². The van der Waals surface area contributed by atoms with E-state index in [1.165, 1.54) is 0 Å². The Balaban J connectivity index is 1.63. The van der Waals surface area contributed by atoms with Crippen LogP contribution in [0.3, 0.4) is 0 Å². The molecule has 0 radical (unpaired) electrons. The molecule has 2 heterocycles. The van der Waals surface area contributed by atoms with Crippen molar-refractivity contribution in [1.29, 1.82) is 5.26 Å². The number of hydrogen-bond donors (Lipinski definition) is 0. The van der Waals surface area contributed by atoms with Crippen LogP contribution in [-0.2, 0) is 11.3 Å². The molecule has 2 aromatic rings. The fraction of sp³-hybridized carbons (Fsp3) is 0.235. The van der Waals surface area contributed by atoms with Crippen LogP contribution in [0.5, 0.6) is 0 Å². The summed E-state index contributed by atoms with van der Waals surface area (Å²) in [7, 11) is 0. The molecule has 1 fully saturated rings. The summed E-state index contributed by atoms with van der Waals surface area (Å²) in [5.41, 5.74) is 2.31. The molecule has 0 bridgehead atoms. The van der Waals surface area contributed by atoms with Gasteiger partial charge < -0.3 is 9.80 Å². The Morgan fingerprint density at radius 2 is 1.96 bits per heavy atom. The predicted octanol–water partition coefficient (Wildman–Crippen LogP) is 2.46. The molecule has 0 N–H and O–H groups in total. The molecule has 1 aromatic heterocycles. The van der Waals surface area contributed by atoms with Crippen molar-refractivity contribution in [1.82, 2.24) is 9.88 Å². The van der Waals surface area contributed by atoms with Gasteiger partial charge in [-0.05, 0) is 29.8 Å². The van der Waals surface area contributed by atoms with Crippen LogP contribution in [0, 0.1) is 11.3 Å². The van der Waals surface area contributed by atoms with Gasteiger partial charge in [-0.25, -0.2) is 4.98 Å². The lowest BCUT2D eigenvalue weighted by molar-refractivity contribution is -0.131. The first-order valence-electron chi connectivity index (χ1n) is 7.29. The largest absolute Gasteiger partial charge is 0.359 e. The minimum Gasteiger partial charge on any atom is -0.359 e. The number of carbonyl (C=O) groups excluding carboxylic acids is 1. The molecular weight excluding hydrogens is 312 g/mol. The van der Waals surface area contributed by atoms with E-state index in [0.29, 0.717) is 30.4 Å². The van der Waals surface area contributed by atoms with Crippen LogP contribution in [0.2, 0.25) is 5.02 Å². The van der Waals surface area contributed by atoms with Gasteiger partial charge in [0.25, 0.3) is 0 Å². The Hall–Kier alpha value is -2.58. The summed E-state index contributed by atoms with van der Waals surface area (Å²) in [4.78, 5) is 20.2. The molecule has 0 saturated carbocycles. The second-order valence-corrected chi connectivity index (χ2v) is 5.81. The number of nitrogens with zero attached hydrogens (tertiary/aromatic N) is 4. The minimum absolute atomic E-state index is 0.0792. The maximum absolute atomic E-state index is 12.4. The molecule has 6 heteroatoms. The topological polar surface area (TPSA) is 60.2 Å². The number of pyridine rings is 1. The summed E-state index contributed by atoms with van der Waals surface area (Å²) < 4.78 is 0. The van der Waals surface area contributed by atoms with Gasteiger partial charge in [0.1, 0.15) is 11.8 Å². The van der Waals surface area contributed by atoms with E-state index in [0.717, 1.165) is 17.8 Å². The summed E-state index contributed by atoms with van der Waals surface area (Å²) in [6.07, 6.45) is 1.64. The molecule has 1 aliphatic heterocycles. The van der Waals surface area contributed by atoms with Crippen molar-refractivity contribution in [2.45, 2.75) is 6.54 Å². The van der Waals surface area contributed by atoms with Crippen molar-refractivity contribution in [2.75, 3.05) is 24.5 Å². The third-order valence-corrected chi connectivity index (χ3v) is 4.08. The van der Waals surface area contributed by atoms with Gasteiger partial charge in [0.15, 0.2) is 0 Å². The fourth-order valence-electron chi connectivity index (χ4n) is 2.55. The zero-order valence-corrected chi connectivity index (χ0v) is 13.2. The molecule has 1 aliphatic rings. The number of carbonyl (C=O) groups is 1. The van der Waals surface area contributed by atoms with Crippen LogP contribution in [0.15, 0.2) is 42.6 Å². The Labute approximate surface area is 139 Å². The van der Waals surface area contributed by atoms with Crippen LogP contribution >= 0.6 is 11.6 Å². The van der Waals surface area contributed by atoms with Gasteiger partial charge in [0, 0.05) is 24.7 Å². The van der Waals surface area contributed by atoms with Gasteiger partial charge in [-0.3, -0.25) is 4.79 Å². The van der Waals surface area contributed by atoms with Crippen molar-refractivity contribution >= 4 is 23.2 Å². The van der Waals surface area contributed by atoms with Crippen molar-refractivity contribution in [2.24, 2.45) is 0 Å². The van der Waals surface area contributed by atoms with E-state index in [-0.39, 0.29) is 5.91 Å². The second kappa shape index (κ2) is 6.67. The normalized spacial score (nSPS) is 14.7. The SMILES string of the molecule is N#Cc1ccc(N2CCN(Cc3ccc(Cl)cc3)C(=O)C2)cn1. The first-order valence-corrected chi connectivity index (χ1v) is 7.67. The summed E-state index contributed by atoms with van der Waals surface area (Å²) in [6.45, 7) is 2.31. The van der Waals surface area contributed by atoms with Gasteiger partial charge in [0.2, 0.25) is 5.91 Å². The number of halogens is 1. The maximum atomic E-state index is 12.4. The predicted molar refractivity (Wildman–Crippen MR) is 88.0 cm³/mol. The zero-order chi connectivity index (χ0) is 16.2. The number of anilines is 1. The summed E-state index contributed by atoms with van der Waals surface area (Å²) in [5, 5.41) is 9.47. The number of rotatable bonds is 3. The van der Waals surface area contributed by atoms with Crippen molar-refractivity contribution < 1.29 is 4.79 Å². The Bertz CT molecular complexity index is 737. The van der Waals surface area contributed by atoms with E-state index in [4.69, 9.17) is 16.9 Å². The molecule has 0 unspecified atom stereocenters. The Morgan fingerprint density at radius 3 is 2.57 bits per heavy atom. The maximum Gasteiger partial charge on any atom is 0.242 e. The monoisotopic (exact) mass is 326 g/mol. The van der Waals surface area contributed by atoms with Crippen molar-refractivity contribution in [3.63, 3.8) is 0 Å². The van der Waals surface area contributed by atoms with Gasteiger partial charge in [-0.15, -0.1) is 0 Å². The number of benzene rings is 1. The highest BCUT2D eigenvalue weighted by atomic mass is 35.5. The van der Waals surface area contributed by atoms with Crippen molar-refractivity contribution in [3.8, 4) is 6.07 Å². The smallest absolute Gasteiger partial charge is 0.242 e. The molecule has 0 atom stereocenters. The van der Waals surface area contributed by atoms with Gasteiger partial charge in [-0.1, -0.05) is 23.7 Å². The molecular formula is C17H15ClN4O. The number of hydrogen-bond acceptors (Lipinski definition) is 4. The molecule has 1 saturated heterocycles. The fourth-order valence-corrected chi connectivity index (χ4v) is 2.67. The third-order valence-electron chi connectivity index (χ3n) is 3.83. The number of piperazine rings is 1. The van der Waals surface area contributed by atoms with Crippen LogP contribution < -0.4 is 4.90 Å². The average Bonchev–Trinajstić information content (AvgIpc) is 2.59. The number of aromatic nitrogens is 1. The second-order valence-electron chi connectivity index (χ2n) is 5.38. The molecule has 1 amide bonds. The van der Waals surface area contributed by atoms with Gasteiger partial charge in [0.05, 0.1) is 18.4 Å². The first-order chi connectivity index (χ1) is 11.2. The van der Waals surface area contributed by atoms with Crippen LogP contribution in [0.1, 0.15) is 11.3 Å². The molecule has 3 rings (SSSR count). The van der Waals surface area contributed by atoms with Crippen LogP contribution in [0.4, 0.5) is 5.69 Å². The van der Waals surface area contributed by atoms with E-state index in [9.17, 15) is 4.79 Å². The van der Waals surface area contributed by atoms with E-state index in [1.54, 1.807) is 12.3 Å². The number of amides is 1. The first kappa shape index (κ1) is 15.3. The van der Waals surface area contributed by atoms with Crippen LogP contribution in [0.25, 0.3) is 0 Å². The Morgan fingerprint density at radius 1 is 1.17 bits per heavy atom. The lowest BCUT2D eigenvalue weighted by atomic mass is 10.2. The molecule has 5 nitrogen and oxygen atoms in total. The summed E-state index contributed by atoms with van der Waals surface area (Å²) in [6, 6.07) is 13.0. The highest BCUT2D eigenvalue weighted by molar-refractivity contribution is 6.30. The highest BCUT2D eigenvalue weighted by Crippen LogP contribution is 2.18. The lowest BCUT2D eigenvalue weighted by Crippen LogP contribution is -2.50. The molecule has 116 valence electrons. The quantitative estimate of drug-likeness (QED) is 0.869. The van der Waals surface area contributed by atoms with Gasteiger partial charge in [-0.2, -0.15) is 5.26 Å². The standard InChI is InChI=1S/C17H15ClN4O/c18-14-3-1-13(2-4-14)11-22-8-7-21(12-17(22)23)16-6-5-15(9-19)20-10-16/h1-6,10H,7-8,11-12H2. The highest BCUT2D eigenvalue weighted by Gasteiger charge is 2.24. The lowest BCUT2D eigenvalue weighted by Gasteiger charge is -2.35. The van der Waals surface area contributed by atoms with Crippen LogP contribution in [-0.4, -0.2) is 35.4 Å². The minimum atomic E-state index is 0.0792. The molecule has 23 heavy (non-hydrogen) atoms. The molecule has 0 spiro atoms. The third kappa shape index (κ3) is 3.61. The average molecular weight is 327 g/mol. The van der Waals surface area contributed by atoms with E-state index in [2.05, 4.69) is 4.98 Å². The molecule has 1 aromatic carbocycles.